The van der Waals surface area contributed by atoms with Gasteiger partial charge in [0.15, 0.2) is 5.78 Å². The van der Waals surface area contributed by atoms with Crippen molar-refractivity contribution < 1.29 is 111 Å². The number of ketones is 1. The van der Waals surface area contributed by atoms with E-state index in [1.165, 1.54) is 0 Å². The van der Waals surface area contributed by atoms with E-state index < -0.39 is 254 Å². The van der Waals surface area contributed by atoms with Crippen molar-refractivity contribution in [1.29, 1.82) is 0 Å². The van der Waals surface area contributed by atoms with Crippen molar-refractivity contribution in [3.63, 3.8) is 0 Å². The second-order valence-electron chi connectivity index (χ2n) is 35.2. The molecule has 19 N–H and O–H groups in total. The summed E-state index contributed by atoms with van der Waals surface area (Å²) in [6.45, 7) is 29.1. The lowest BCUT2D eigenvalue weighted by Gasteiger charge is -2.29. The lowest BCUT2D eigenvalue weighted by atomic mass is 9.88. The summed E-state index contributed by atoms with van der Waals surface area (Å²) in [5.74, 6) is -13.2. The van der Waals surface area contributed by atoms with Crippen LogP contribution in [-0.2, 0) is 82.8 Å². The predicted octanol–water partition coefficient (Wildman–Crippen LogP) is 2.37. The van der Waals surface area contributed by atoms with Crippen molar-refractivity contribution in [3.8, 4) is 0 Å². The summed E-state index contributed by atoms with van der Waals surface area (Å²) in [6.07, 6.45) is -8.60. The van der Waals surface area contributed by atoms with Crippen LogP contribution in [0.5, 0.6) is 0 Å². The van der Waals surface area contributed by atoms with E-state index in [4.69, 9.17) is 29.4 Å². The normalized spacial score (nSPS) is 20.0. The Labute approximate surface area is 704 Å². The molecule has 0 aliphatic carbocycles. The fourth-order valence-corrected chi connectivity index (χ4v) is 11.7. The van der Waals surface area contributed by atoms with Crippen LogP contribution in [0.1, 0.15) is 228 Å². The van der Waals surface area contributed by atoms with Gasteiger partial charge in [-0.15, -0.1) is 0 Å². The van der Waals surface area contributed by atoms with E-state index in [9.17, 15) is 67.7 Å². The van der Waals surface area contributed by atoms with Crippen LogP contribution in [0.25, 0.3) is 0 Å². The van der Waals surface area contributed by atoms with Gasteiger partial charge < -0.3 is 119 Å². The average Bonchev–Trinajstić information content (AvgIpc) is 0.994. The van der Waals surface area contributed by atoms with Crippen molar-refractivity contribution >= 4 is 95.3 Å². The Balaban J connectivity index is 3.12. The summed E-state index contributed by atoms with van der Waals surface area (Å²) >= 11 is 0. The predicted molar refractivity (Wildman–Crippen MR) is 442 cm³/mol. The van der Waals surface area contributed by atoms with Gasteiger partial charge in [-0.1, -0.05) is 76.8 Å². The second kappa shape index (κ2) is 50.8. The molecule has 0 bridgehead atoms. The first-order valence-electron chi connectivity index (χ1n) is 41.1. The number of hydrogen-bond acceptors (Lipinski definition) is 24. The fraction of sp³-hybridized carbons (Fsp3) is 0.728. The van der Waals surface area contributed by atoms with Gasteiger partial charge in [0.2, 0.25) is 59.1 Å². The maximum Gasteiger partial charge on any atom is 0.407 e. The summed E-state index contributed by atoms with van der Waals surface area (Å²) in [5.41, 5.74) is 1.82. The van der Waals surface area contributed by atoms with Crippen LogP contribution in [0.2, 0.25) is 0 Å². The van der Waals surface area contributed by atoms with E-state index >= 15 is 19.2 Å². The van der Waals surface area contributed by atoms with Gasteiger partial charge in [0.25, 0.3) is 0 Å². The van der Waals surface area contributed by atoms with Crippen LogP contribution < -0.4 is 85.5 Å². The fourth-order valence-electron chi connectivity index (χ4n) is 11.7. The number of Topliss-reactive ketones (excluding diaryl/α,β-unsaturated/α-hetero) is 1. The summed E-state index contributed by atoms with van der Waals surface area (Å²) in [6, 6.07) is -8.71. The zero-order valence-corrected chi connectivity index (χ0v) is 73.7. The number of aliphatic hydroxyl groups is 2. The number of carbonyl (C=O) groups is 16. The van der Waals surface area contributed by atoms with Gasteiger partial charge in [0.1, 0.15) is 76.3 Å². The number of nitrogens with two attached hydrogens (primary N) is 1. The number of alkyl carbamates (subject to hydrolysis) is 5. The number of amides is 15. The Morgan fingerprint density at radius 3 is 1.28 bits per heavy atom. The first-order valence-corrected chi connectivity index (χ1v) is 41.1. The number of ether oxygens (including phenoxy) is 5. The molecule has 39 heteroatoms. The number of carbonyl (C=O) groups excluding carboxylic acids is 16. The van der Waals surface area contributed by atoms with Crippen LogP contribution in [0.4, 0.5) is 24.0 Å². The summed E-state index contributed by atoms with van der Waals surface area (Å²) in [7, 11) is 0. The van der Waals surface area contributed by atoms with Crippen LogP contribution in [0.15, 0.2) is 30.3 Å². The van der Waals surface area contributed by atoms with Crippen molar-refractivity contribution in [2.24, 2.45) is 17.6 Å². The van der Waals surface area contributed by atoms with Crippen molar-refractivity contribution in [1.82, 2.24) is 79.8 Å². The molecule has 1 aromatic carbocycles. The highest BCUT2D eigenvalue weighted by Gasteiger charge is 2.40. The van der Waals surface area contributed by atoms with Crippen molar-refractivity contribution in [2.75, 3.05) is 39.3 Å². The van der Waals surface area contributed by atoms with Crippen molar-refractivity contribution in [2.45, 2.75) is 329 Å². The Bertz CT molecular complexity index is 3550. The molecule has 0 spiro atoms. The minimum absolute atomic E-state index is 0.0164. The van der Waals surface area contributed by atoms with Gasteiger partial charge in [-0.05, 0) is 187 Å². The first kappa shape index (κ1) is 106. The molecule has 0 saturated carbocycles. The standard InChI is InChI=1S/C81H138N16O23/c1-21-22-23-27-30-51(82)63(102)90-56(35-41-87-75(114)119-80(15,16)17)68(107)97-61(48(5)99)71(110)94-55(34-40-86-74(113)118-79(12,13)14)66(105)91-53-31-37-83-70(109)60(47(4)98)96-69(108)57(36-42-88-76(115)120-81(18,19)20)93-64(103)52(32-38-84-72(111)116-77(6,7)8)89-62(101)50(43-46(2)3)45-59(100)58(44-49-28-25-24-26-29-49)95-67(106)54(92-65(53)104)33-39-85-73(112)117-78(9,10)11/h24-26,28-29,46-48,50-58,60-61,98-99H,21-23,27,30-45,82H2,1-20H3,(H,83,109)(H,84,111)(H,85,112)(H,86,113)(H,87,114)(H,88,115)(H,89,101)(H,90,102)(H,91,105)(H,92,104)(H,93,103)(H,94,110)(H,95,106)(H,96,108)(H,97,107)/t47-,48-,50-,51+,52+,53+,54+,55+,56+,57+,58-,60+,61+/m1/s1. The lowest BCUT2D eigenvalue weighted by molar-refractivity contribution is -0.137. The molecule has 0 radical (unpaired) electrons. The SMILES string of the molecule is CCCCCC[C@H](N)C(=O)N[C@@H](CCNC(=O)OC(C)(C)C)C(=O)N[C@H](C(=O)N[C@@H](CCNC(=O)OC(C)(C)C)C(=O)N[C@H]1CCNC(=O)[C@H]([C@@H](C)O)NC(=O)[C@H](CCNC(=O)OC(C)(C)C)NC(=O)[C@H](CCNC(=O)OC(C)(C)C)NC(=O)[C@H](CC(C)C)CC(=O)[C@@H](Cc2ccccc2)NC(=O)[C@H](CCNC(=O)OC(C)(C)C)NC1=O)[C@@H](C)O. The van der Waals surface area contributed by atoms with E-state index in [-0.39, 0.29) is 57.7 Å². The lowest BCUT2D eigenvalue weighted by Crippen LogP contribution is -2.62. The molecule has 0 aromatic heterocycles. The van der Waals surface area contributed by atoms with Crippen LogP contribution in [0.3, 0.4) is 0 Å². The quantitative estimate of drug-likeness (QED) is 0.0348. The number of nitrogens with one attached hydrogen (secondary N) is 15. The molecule has 39 nitrogen and oxygen atoms in total. The van der Waals surface area contributed by atoms with E-state index in [1.54, 1.807) is 148 Å². The van der Waals surface area contributed by atoms with Crippen molar-refractivity contribution in [3.05, 3.63) is 35.9 Å². The van der Waals surface area contributed by atoms with E-state index in [0.717, 1.165) is 33.1 Å². The van der Waals surface area contributed by atoms with Gasteiger partial charge in [0.05, 0.1) is 24.3 Å². The third kappa shape index (κ3) is 45.3. The minimum Gasteiger partial charge on any atom is -0.444 e. The molecule has 1 heterocycles. The minimum atomic E-state index is -1.97. The number of unbranched alkanes of at least 4 members (excludes halogenated alkanes) is 3. The smallest absolute Gasteiger partial charge is 0.407 e. The molecule has 1 aliphatic rings. The Morgan fingerprint density at radius 2 is 0.867 bits per heavy atom. The van der Waals surface area contributed by atoms with Crippen LogP contribution in [0, 0.1) is 11.8 Å². The molecule has 13 atom stereocenters. The zero-order valence-electron chi connectivity index (χ0n) is 73.7. The monoisotopic (exact) mass is 1700 g/mol. The average molecular weight is 1700 g/mol. The second-order valence-corrected chi connectivity index (χ2v) is 35.2. The zero-order chi connectivity index (χ0) is 91.2. The summed E-state index contributed by atoms with van der Waals surface area (Å²) in [4.78, 5) is 228. The largest absolute Gasteiger partial charge is 0.444 e. The third-order valence-electron chi connectivity index (χ3n) is 17.4. The molecule has 120 heavy (non-hydrogen) atoms. The maximum atomic E-state index is 15.4. The Morgan fingerprint density at radius 1 is 0.467 bits per heavy atom. The van der Waals surface area contributed by atoms with Crippen LogP contribution in [-0.4, -0.2) is 245 Å². The number of benzene rings is 1. The highest BCUT2D eigenvalue weighted by Crippen LogP contribution is 2.21. The third-order valence-corrected chi connectivity index (χ3v) is 17.4. The molecular formula is C81H138N16O23. The van der Waals surface area contributed by atoms with Gasteiger partial charge in [0, 0.05) is 51.6 Å². The first-order chi connectivity index (χ1) is 55.6. The molecule has 1 fully saturated rings. The van der Waals surface area contributed by atoms with Crippen LogP contribution >= 0.6 is 0 Å². The highest BCUT2D eigenvalue weighted by molar-refractivity contribution is 6.00. The maximum absolute atomic E-state index is 15.4. The molecule has 680 valence electrons. The number of hydrogen-bond donors (Lipinski definition) is 18. The summed E-state index contributed by atoms with van der Waals surface area (Å²) < 4.78 is 27.0. The number of aliphatic hydroxyl groups excluding tert-OH is 2. The van der Waals surface area contributed by atoms with Gasteiger partial charge in [-0.3, -0.25) is 52.7 Å². The van der Waals surface area contributed by atoms with E-state index in [1.807, 2.05) is 6.92 Å². The molecule has 15 amide bonds. The summed E-state index contributed by atoms with van der Waals surface area (Å²) in [5, 5.41) is 60.6. The Hall–Kier alpha value is -10.2. The van der Waals surface area contributed by atoms with Gasteiger partial charge >= 0.3 is 30.5 Å². The molecule has 1 aromatic rings. The van der Waals surface area contributed by atoms with E-state index in [2.05, 4.69) is 79.8 Å². The number of rotatable bonds is 34. The molecule has 0 unspecified atom stereocenters. The molecule has 1 saturated heterocycles. The molecule has 1 aliphatic heterocycles. The van der Waals surface area contributed by atoms with Gasteiger partial charge in [-0.2, -0.15) is 0 Å². The van der Waals surface area contributed by atoms with E-state index in [0.29, 0.717) is 12.0 Å². The van der Waals surface area contributed by atoms with Gasteiger partial charge in [-0.25, -0.2) is 24.0 Å². The topological polar surface area (TPSA) is 566 Å². The molecular weight excluding hydrogens is 1560 g/mol. The molecule has 2 rings (SSSR count). The Kier molecular flexibility index (Phi) is 44.8. The highest BCUT2D eigenvalue weighted by atomic mass is 16.6.